The molecule has 0 aliphatic carbocycles. The van der Waals surface area contributed by atoms with Crippen molar-refractivity contribution in [1.82, 2.24) is 0 Å². The minimum Gasteiger partial charge on any atom is -0.397 e. The van der Waals surface area contributed by atoms with E-state index in [1.54, 1.807) is 18.2 Å². The third kappa shape index (κ3) is 3.56. The Morgan fingerprint density at radius 2 is 1.52 bits per heavy atom. The summed E-state index contributed by atoms with van der Waals surface area (Å²) in [6, 6.07) is 12.8. The van der Waals surface area contributed by atoms with Crippen molar-refractivity contribution in [2.45, 2.75) is 26.2 Å². The highest BCUT2D eigenvalue weighted by molar-refractivity contribution is 6.13. The van der Waals surface area contributed by atoms with E-state index in [1.807, 2.05) is 24.3 Å². The number of anilines is 2. The van der Waals surface area contributed by atoms with Crippen LogP contribution in [0.5, 0.6) is 0 Å². The number of hydrogen-bond acceptors (Lipinski definition) is 3. The molecule has 0 radical (unpaired) electrons. The van der Waals surface area contributed by atoms with Gasteiger partial charge in [0.05, 0.1) is 11.4 Å². The van der Waals surface area contributed by atoms with Crippen LogP contribution in [0.15, 0.2) is 42.5 Å². The summed E-state index contributed by atoms with van der Waals surface area (Å²) < 4.78 is 0. The minimum absolute atomic E-state index is 0. The van der Waals surface area contributed by atoms with Crippen LogP contribution in [0.1, 0.15) is 42.3 Å². The van der Waals surface area contributed by atoms with E-state index in [1.165, 1.54) is 5.56 Å². The molecule has 4 heteroatoms. The average molecular weight is 305 g/mol. The van der Waals surface area contributed by atoms with Gasteiger partial charge < -0.3 is 11.5 Å². The molecule has 0 heterocycles. The molecule has 0 aliphatic rings. The first kappa shape index (κ1) is 17.1. The number of nitrogen functional groups attached to an aromatic ring is 2. The zero-order chi connectivity index (χ0) is 14.9. The maximum absolute atomic E-state index is 12.4. The summed E-state index contributed by atoms with van der Waals surface area (Å²) in [6.07, 6.45) is 0. The van der Waals surface area contributed by atoms with Crippen LogP contribution in [0.2, 0.25) is 0 Å². The van der Waals surface area contributed by atoms with E-state index in [4.69, 9.17) is 11.5 Å². The third-order valence-electron chi connectivity index (χ3n) is 3.40. The smallest absolute Gasteiger partial charge is 0.195 e. The first-order valence-corrected chi connectivity index (χ1v) is 6.60. The quantitative estimate of drug-likeness (QED) is 0.655. The van der Waals surface area contributed by atoms with Crippen LogP contribution in [0.25, 0.3) is 0 Å². The number of benzene rings is 2. The molecule has 112 valence electrons. The molecule has 0 atom stereocenters. The standard InChI is InChI=1S/C17H20N2O.ClH/c1-17(2,3)12-9-7-11(8-10-12)16(20)13-5-4-6-14(18)15(13)19;/h4-10H,18-19H2,1-3H3;1H. The fourth-order valence-electron chi connectivity index (χ4n) is 2.06. The summed E-state index contributed by atoms with van der Waals surface area (Å²) in [6.45, 7) is 6.42. The second-order valence-electron chi connectivity index (χ2n) is 5.96. The Morgan fingerprint density at radius 3 is 2.05 bits per heavy atom. The summed E-state index contributed by atoms with van der Waals surface area (Å²) in [5.74, 6) is -0.102. The molecule has 0 bridgehead atoms. The van der Waals surface area contributed by atoms with Crippen molar-refractivity contribution in [1.29, 1.82) is 0 Å². The van der Waals surface area contributed by atoms with E-state index in [0.29, 0.717) is 22.5 Å². The fourth-order valence-corrected chi connectivity index (χ4v) is 2.06. The number of rotatable bonds is 2. The van der Waals surface area contributed by atoms with E-state index < -0.39 is 0 Å². The zero-order valence-electron chi connectivity index (χ0n) is 12.5. The highest BCUT2D eigenvalue weighted by Gasteiger charge is 2.16. The molecule has 0 saturated carbocycles. The van der Waals surface area contributed by atoms with E-state index >= 15 is 0 Å². The molecule has 21 heavy (non-hydrogen) atoms. The van der Waals surface area contributed by atoms with E-state index in [-0.39, 0.29) is 23.6 Å². The SMILES string of the molecule is CC(C)(C)c1ccc(C(=O)c2cccc(N)c2N)cc1.Cl. The number of carbonyl (C=O) groups is 1. The third-order valence-corrected chi connectivity index (χ3v) is 3.40. The van der Waals surface area contributed by atoms with Crippen molar-refractivity contribution in [3.63, 3.8) is 0 Å². The van der Waals surface area contributed by atoms with Gasteiger partial charge in [-0.3, -0.25) is 4.79 Å². The van der Waals surface area contributed by atoms with Crippen LogP contribution in [-0.4, -0.2) is 5.78 Å². The Hall–Kier alpha value is -2.00. The van der Waals surface area contributed by atoms with Gasteiger partial charge >= 0.3 is 0 Å². The maximum atomic E-state index is 12.4. The van der Waals surface area contributed by atoms with Crippen molar-refractivity contribution in [2.24, 2.45) is 0 Å². The second-order valence-corrected chi connectivity index (χ2v) is 5.96. The molecule has 2 rings (SSSR count). The lowest BCUT2D eigenvalue weighted by Crippen LogP contribution is -2.12. The molecule has 0 fully saturated rings. The molecular formula is C17H21ClN2O. The summed E-state index contributed by atoms with van der Waals surface area (Å²) in [5.41, 5.74) is 14.7. The summed E-state index contributed by atoms with van der Waals surface area (Å²) in [4.78, 5) is 12.4. The highest BCUT2D eigenvalue weighted by atomic mass is 35.5. The number of para-hydroxylation sites is 1. The summed E-state index contributed by atoms with van der Waals surface area (Å²) in [5, 5.41) is 0. The Bertz CT molecular complexity index is 643. The summed E-state index contributed by atoms with van der Waals surface area (Å²) >= 11 is 0. The Labute approximate surface area is 131 Å². The van der Waals surface area contributed by atoms with Crippen molar-refractivity contribution < 1.29 is 4.79 Å². The molecule has 3 nitrogen and oxygen atoms in total. The molecule has 2 aromatic carbocycles. The fraction of sp³-hybridized carbons (Fsp3) is 0.235. The van der Waals surface area contributed by atoms with Crippen LogP contribution in [-0.2, 0) is 5.41 Å². The lowest BCUT2D eigenvalue weighted by Gasteiger charge is -2.19. The molecule has 4 N–H and O–H groups in total. The van der Waals surface area contributed by atoms with Gasteiger partial charge in [-0.2, -0.15) is 0 Å². The number of nitrogens with two attached hydrogens (primary N) is 2. The second kappa shape index (κ2) is 6.19. The van der Waals surface area contributed by atoms with Gasteiger partial charge in [0.1, 0.15) is 0 Å². The molecule has 0 aromatic heterocycles. The van der Waals surface area contributed by atoms with Gasteiger partial charge in [-0.25, -0.2) is 0 Å². The molecule has 0 unspecified atom stereocenters. The van der Waals surface area contributed by atoms with E-state index in [9.17, 15) is 4.79 Å². The Morgan fingerprint density at radius 1 is 0.952 bits per heavy atom. The molecule has 0 amide bonds. The number of hydrogen-bond donors (Lipinski definition) is 2. The Kier molecular flexibility index (Phi) is 5.02. The van der Waals surface area contributed by atoms with Gasteiger partial charge in [-0.05, 0) is 23.1 Å². The van der Waals surface area contributed by atoms with Crippen LogP contribution in [0, 0.1) is 0 Å². The lowest BCUT2D eigenvalue weighted by atomic mass is 9.86. The maximum Gasteiger partial charge on any atom is 0.195 e. The molecule has 0 aliphatic heterocycles. The predicted octanol–water partition coefficient (Wildman–Crippen LogP) is 3.80. The zero-order valence-corrected chi connectivity index (χ0v) is 13.3. The Balaban J connectivity index is 0.00000220. The van der Waals surface area contributed by atoms with Crippen LogP contribution >= 0.6 is 12.4 Å². The molecular weight excluding hydrogens is 284 g/mol. The van der Waals surface area contributed by atoms with Crippen molar-refractivity contribution >= 4 is 29.6 Å². The van der Waals surface area contributed by atoms with Gasteiger partial charge in [0.25, 0.3) is 0 Å². The van der Waals surface area contributed by atoms with Gasteiger partial charge in [-0.15, -0.1) is 12.4 Å². The van der Waals surface area contributed by atoms with Crippen molar-refractivity contribution in [3.05, 3.63) is 59.2 Å². The highest BCUT2D eigenvalue weighted by Crippen LogP contribution is 2.25. The topological polar surface area (TPSA) is 69.1 Å². The molecule has 2 aromatic rings. The van der Waals surface area contributed by atoms with E-state index in [0.717, 1.165) is 0 Å². The van der Waals surface area contributed by atoms with Crippen LogP contribution in [0.3, 0.4) is 0 Å². The number of ketones is 1. The summed E-state index contributed by atoms with van der Waals surface area (Å²) in [7, 11) is 0. The van der Waals surface area contributed by atoms with Gasteiger partial charge in [0.2, 0.25) is 0 Å². The monoisotopic (exact) mass is 304 g/mol. The van der Waals surface area contributed by atoms with E-state index in [2.05, 4.69) is 20.8 Å². The largest absolute Gasteiger partial charge is 0.397 e. The van der Waals surface area contributed by atoms with Crippen LogP contribution < -0.4 is 11.5 Å². The lowest BCUT2D eigenvalue weighted by molar-refractivity contribution is 0.103. The number of carbonyl (C=O) groups excluding carboxylic acids is 1. The first-order chi connectivity index (χ1) is 9.30. The van der Waals surface area contributed by atoms with Crippen molar-refractivity contribution in [2.75, 3.05) is 11.5 Å². The first-order valence-electron chi connectivity index (χ1n) is 6.60. The normalized spacial score (nSPS) is 10.8. The van der Waals surface area contributed by atoms with Crippen molar-refractivity contribution in [3.8, 4) is 0 Å². The molecule has 0 spiro atoms. The van der Waals surface area contributed by atoms with Gasteiger partial charge in [0, 0.05) is 11.1 Å². The average Bonchev–Trinajstić information content (AvgIpc) is 2.40. The number of halogens is 1. The van der Waals surface area contributed by atoms with Gasteiger partial charge in [-0.1, -0.05) is 51.1 Å². The van der Waals surface area contributed by atoms with Gasteiger partial charge in [0.15, 0.2) is 5.78 Å². The minimum atomic E-state index is -0.102. The molecule has 0 saturated heterocycles. The predicted molar refractivity (Wildman–Crippen MR) is 91.1 cm³/mol. The van der Waals surface area contributed by atoms with Crippen LogP contribution in [0.4, 0.5) is 11.4 Å².